The molecule has 0 amide bonds. The first-order chi connectivity index (χ1) is 33.0. The van der Waals surface area contributed by atoms with Gasteiger partial charge in [0.15, 0.2) is 0 Å². The van der Waals surface area contributed by atoms with Crippen molar-refractivity contribution in [1.29, 1.82) is 0 Å². The summed E-state index contributed by atoms with van der Waals surface area (Å²) in [7, 11) is 9.53. The SMILES string of the molecule is CCc1cccc(CC)c1N=C(c1ccccc1)c1ccc2ccc3cccnc3c2n1.CCc1cccc(CC)c1N=C(c1ccccc1)c1ccc2ccc3cccnc3c2n1.[Cl][Fe][Cl]. The van der Waals surface area contributed by atoms with Crippen LogP contribution in [0.15, 0.2) is 192 Å². The van der Waals surface area contributed by atoms with Gasteiger partial charge in [-0.1, -0.05) is 173 Å². The molecule has 4 heterocycles. The van der Waals surface area contributed by atoms with Gasteiger partial charge in [0.25, 0.3) is 0 Å². The van der Waals surface area contributed by atoms with Crippen molar-refractivity contribution in [3.05, 3.63) is 227 Å². The van der Waals surface area contributed by atoms with Crippen LogP contribution in [0.25, 0.3) is 43.6 Å². The topological polar surface area (TPSA) is 76.3 Å². The Balaban J connectivity index is 0.000000172. The molecule has 0 aliphatic rings. The van der Waals surface area contributed by atoms with Crippen LogP contribution in [-0.4, -0.2) is 31.4 Å². The van der Waals surface area contributed by atoms with Gasteiger partial charge in [-0.2, -0.15) is 0 Å². The predicted molar refractivity (Wildman–Crippen MR) is 280 cm³/mol. The third kappa shape index (κ3) is 10.7. The van der Waals surface area contributed by atoms with Gasteiger partial charge in [-0.05, 0) is 72.2 Å². The van der Waals surface area contributed by atoms with E-state index in [-0.39, 0.29) is 13.1 Å². The summed E-state index contributed by atoms with van der Waals surface area (Å²) in [6.45, 7) is 8.73. The molecule has 67 heavy (non-hydrogen) atoms. The number of aromatic nitrogens is 4. The Morgan fingerprint density at radius 2 is 0.716 bits per heavy atom. The number of fused-ring (bicyclic) bond motifs is 6. The fourth-order valence-corrected chi connectivity index (χ4v) is 8.38. The van der Waals surface area contributed by atoms with Gasteiger partial charge < -0.3 is 0 Å². The molecule has 10 aromatic rings. The molecule has 0 bridgehead atoms. The van der Waals surface area contributed by atoms with Crippen molar-refractivity contribution in [3.63, 3.8) is 0 Å². The Bertz CT molecular complexity index is 3090. The Morgan fingerprint density at radius 3 is 1.06 bits per heavy atom. The molecule has 0 fully saturated rings. The van der Waals surface area contributed by atoms with Crippen LogP contribution in [0.2, 0.25) is 0 Å². The summed E-state index contributed by atoms with van der Waals surface area (Å²) >= 11 is 0.194. The number of para-hydroxylation sites is 2. The van der Waals surface area contributed by atoms with Gasteiger partial charge in [0.2, 0.25) is 0 Å². The van der Waals surface area contributed by atoms with Gasteiger partial charge in [0.05, 0.1) is 56.3 Å². The Hall–Kier alpha value is -6.60. The molecule has 6 nitrogen and oxygen atoms in total. The normalized spacial score (nSPS) is 11.7. The Morgan fingerprint density at radius 1 is 0.388 bits per heavy atom. The summed E-state index contributed by atoms with van der Waals surface area (Å²) in [6, 6.07) is 58.5. The molecule has 0 aliphatic carbocycles. The van der Waals surface area contributed by atoms with Crippen molar-refractivity contribution in [2.45, 2.75) is 53.4 Å². The second kappa shape index (κ2) is 22.7. The van der Waals surface area contributed by atoms with Crippen LogP contribution in [0, 0.1) is 0 Å². The maximum absolute atomic E-state index is 5.26. The zero-order valence-electron chi connectivity index (χ0n) is 37.9. The zero-order chi connectivity index (χ0) is 46.5. The molecule has 0 radical (unpaired) electrons. The van der Waals surface area contributed by atoms with Gasteiger partial charge in [-0.3, -0.25) is 9.97 Å². The molecular formula is C58H50Cl2FeN6. The Kier molecular flexibility index (Phi) is 15.9. The van der Waals surface area contributed by atoms with Crippen molar-refractivity contribution in [2.75, 3.05) is 0 Å². The molecule has 9 heteroatoms. The van der Waals surface area contributed by atoms with Gasteiger partial charge >= 0.3 is 33.3 Å². The van der Waals surface area contributed by atoms with E-state index in [2.05, 4.69) is 183 Å². The Labute approximate surface area is 407 Å². The molecule has 0 aliphatic heterocycles. The second-order valence-corrected chi connectivity index (χ2v) is 17.6. The summed E-state index contributed by atoms with van der Waals surface area (Å²) in [4.78, 5) is 29.9. The number of rotatable bonds is 10. The minimum absolute atomic E-state index is 0.194. The minimum atomic E-state index is 0.194. The summed E-state index contributed by atoms with van der Waals surface area (Å²) in [5.74, 6) is 0. The van der Waals surface area contributed by atoms with E-state index in [9.17, 15) is 0 Å². The van der Waals surface area contributed by atoms with Crippen molar-refractivity contribution in [3.8, 4) is 0 Å². The number of benzene rings is 6. The van der Waals surface area contributed by atoms with Gasteiger partial charge in [0, 0.05) is 45.1 Å². The van der Waals surface area contributed by atoms with Crippen LogP contribution in [0.3, 0.4) is 0 Å². The quantitative estimate of drug-likeness (QED) is 0.0777. The molecule has 0 N–H and O–H groups in total. The van der Waals surface area contributed by atoms with E-state index in [1.165, 1.54) is 22.3 Å². The number of nitrogens with zero attached hydrogens (tertiary/aromatic N) is 6. The maximum atomic E-state index is 5.26. The van der Waals surface area contributed by atoms with Crippen molar-refractivity contribution < 1.29 is 13.1 Å². The second-order valence-electron chi connectivity index (χ2n) is 15.8. The third-order valence-electron chi connectivity index (χ3n) is 11.8. The number of hydrogen-bond donors (Lipinski definition) is 0. The standard InChI is InChI=1S/2C29H25N3.2ClH.Fe/c2*1-3-20-12-8-13-21(4-2)26(20)32-27(22-10-6-5-7-11-22)25-18-17-24-16-15-23-14-9-19-30-28(23)29(24)31-25;;;/h2*5-19H,3-4H2,1-2H3;2*1H;/q;;;;+2/p-2. The van der Waals surface area contributed by atoms with Crippen LogP contribution in [-0.2, 0) is 38.8 Å². The van der Waals surface area contributed by atoms with Crippen molar-refractivity contribution in [1.82, 2.24) is 19.9 Å². The van der Waals surface area contributed by atoms with E-state index in [1.54, 1.807) is 0 Å². The molecule has 0 saturated heterocycles. The van der Waals surface area contributed by atoms with E-state index in [4.69, 9.17) is 40.1 Å². The molecule has 10 rings (SSSR count). The molecule has 334 valence electrons. The first-order valence-electron chi connectivity index (χ1n) is 22.6. The van der Waals surface area contributed by atoms with Crippen LogP contribution in [0.4, 0.5) is 11.4 Å². The van der Waals surface area contributed by atoms with Crippen LogP contribution in [0.1, 0.15) is 72.5 Å². The third-order valence-corrected chi connectivity index (χ3v) is 11.8. The number of aliphatic imine (C=N–C) groups is 2. The number of halogens is 2. The number of aryl methyl sites for hydroxylation is 4. The molecule has 4 aromatic heterocycles. The average molecular weight is 958 g/mol. The fraction of sp³-hybridized carbons (Fsp3) is 0.138. The molecule has 0 saturated carbocycles. The van der Waals surface area contributed by atoms with E-state index >= 15 is 0 Å². The van der Waals surface area contributed by atoms with Crippen LogP contribution < -0.4 is 0 Å². The van der Waals surface area contributed by atoms with E-state index < -0.39 is 0 Å². The van der Waals surface area contributed by atoms with Crippen molar-refractivity contribution in [2.24, 2.45) is 9.98 Å². The van der Waals surface area contributed by atoms with Gasteiger partial charge in [-0.15, -0.1) is 0 Å². The predicted octanol–water partition coefficient (Wildman–Crippen LogP) is 15.5. The molecule has 0 atom stereocenters. The van der Waals surface area contributed by atoms with Crippen LogP contribution >= 0.6 is 20.2 Å². The van der Waals surface area contributed by atoms with Gasteiger partial charge in [0.1, 0.15) is 0 Å². The fourth-order valence-electron chi connectivity index (χ4n) is 8.38. The average Bonchev–Trinajstić information content (AvgIpc) is 3.39. The summed E-state index contributed by atoms with van der Waals surface area (Å²) in [6.07, 6.45) is 7.41. The summed E-state index contributed by atoms with van der Waals surface area (Å²) < 4.78 is 0. The number of hydrogen-bond acceptors (Lipinski definition) is 6. The molecular weight excluding hydrogens is 907 g/mol. The molecule has 6 aromatic carbocycles. The van der Waals surface area contributed by atoms with E-state index in [1.807, 2.05) is 36.7 Å². The van der Waals surface area contributed by atoms with Crippen molar-refractivity contribution >= 4 is 86.6 Å². The van der Waals surface area contributed by atoms with E-state index in [0.717, 1.165) is 115 Å². The van der Waals surface area contributed by atoms with E-state index in [0.29, 0.717) is 0 Å². The molecule has 0 unspecified atom stereocenters. The monoisotopic (exact) mass is 956 g/mol. The summed E-state index contributed by atoms with van der Waals surface area (Å²) in [5.41, 5.74) is 16.4. The van der Waals surface area contributed by atoms with Gasteiger partial charge in [-0.25, -0.2) is 20.0 Å². The molecule has 0 spiro atoms. The first kappa shape index (κ1) is 46.9. The first-order valence-corrected chi connectivity index (χ1v) is 25.7. The zero-order valence-corrected chi connectivity index (χ0v) is 40.6. The summed E-state index contributed by atoms with van der Waals surface area (Å²) in [5, 5.41) is 4.34. The number of pyridine rings is 4. The van der Waals surface area contributed by atoms with Crippen LogP contribution in [0.5, 0.6) is 0 Å².